The fourth-order valence-corrected chi connectivity index (χ4v) is 3.97. The van der Waals surface area contributed by atoms with Gasteiger partial charge in [-0.2, -0.15) is 0 Å². The van der Waals surface area contributed by atoms with Crippen molar-refractivity contribution in [3.05, 3.63) is 76.1 Å². The Kier molecular flexibility index (Phi) is 4.78. The van der Waals surface area contributed by atoms with Crippen LogP contribution in [0.3, 0.4) is 0 Å². The van der Waals surface area contributed by atoms with E-state index in [0.717, 1.165) is 5.56 Å². The molecular formula is C21H20O5S. The Morgan fingerprint density at radius 3 is 2.26 bits per heavy atom. The Morgan fingerprint density at radius 2 is 1.63 bits per heavy atom. The summed E-state index contributed by atoms with van der Waals surface area (Å²) in [6, 6.07) is 14.6. The van der Waals surface area contributed by atoms with Gasteiger partial charge >= 0.3 is 5.63 Å². The molecule has 2 aromatic carbocycles. The fourth-order valence-electron chi connectivity index (χ4n) is 2.75. The third-order valence-electron chi connectivity index (χ3n) is 4.34. The smallest absolute Gasteiger partial charge is 0.347 e. The summed E-state index contributed by atoms with van der Waals surface area (Å²) in [5, 5.41) is 0.562. The van der Waals surface area contributed by atoms with Crippen LogP contribution >= 0.6 is 0 Å². The summed E-state index contributed by atoms with van der Waals surface area (Å²) in [4.78, 5) is 24.6. The predicted molar refractivity (Wildman–Crippen MR) is 104 cm³/mol. The van der Waals surface area contributed by atoms with Gasteiger partial charge in [0.25, 0.3) is 0 Å². The number of Topliss-reactive ketones (excluding diaryl/α,β-unsaturated/α-hetero) is 1. The summed E-state index contributed by atoms with van der Waals surface area (Å²) in [7, 11) is -3.87. The number of sulfone groups is 1. The van der Waals surface area contributed by atoms with E-state index < -0.39 is 27.0 Å². The van der Waals surface area contributed by atoms with Crippen molar-refractivity contribution in [1.29, 1.82) is 0 Å². The van der Waals surface area contributed by atoms with Crippen LogP contribution in [0.4, 0.5) is 0 Å². The van der Waals surface area contributed by atoms with E-state index in [1.807, 2.05) is 20.8 Å². The van der Waals surface area contributed by atoms with Gasteiger partial charge in [0.2, 0.25) is 0 Å². The van der Waals surface area contributed by atoms with Crippen LogP contribution in [-0.2, 0) is 15.3 Å². The molecule has 6 heteroatoms. The maximum absolute atomic E-state index is 12.6. The van der Waals surface area contributed by atoms with Crippen LogP contribution in [0.1, 0.15) is 36.7 Å². The number of fused-ring (bicyclic) bond motifs is 1. The molecule has 1 aromatic heterocycles. The minimum Gasteiger partial charge on any atom is -0.422 e. The van der Waals surface area contributed by atoms with Crippen LogP contribution < -0.4 is 5.63 Å². The molecule has 0 unspecified atom stereocenters. The quantitative estimate of drug-likeness (QED) is 0.505. The third kappa shape index (κ3) is 4.01. The van der Waals surface area contributed by atoms with Gasteiger partial charge < -0.3 is 4.42 Å². The lowest BCUT2D eigenvalue weighted by atomic mass is 9.87. The van der Waals surface area contributed by atoms with Crippen molar-refractivity contribution in [2.24, 2.45) is 0 Å². The average Bonchev–Trinajstić information content (AvgIpc) is 2.60. The second-order valence-corrected chi connectivity index (χ2v) is 9.43. The van der Waals surface area contributed by atoms with Gasteiger partial charge in [0.1, 0.15) is 16.9 Å². The first-order valence-corrected chi connectivity index (χ1v) is 10.1. The number of carbonyl (C=O) groups is 1. The number of hydrogen-bond acceptors (Lipinski definition) is 5. The van der Waals surface area contributed by atoms with Gasteiger partial charge in [-0.1, -0.05) is 51.1 Å². The van der Waals surface area contributed by atoms with Gasteiger partial charge in [-0.15, -0.1) is 0 Å². The molecule has 0 aliphatic heterocycles. The maximum atomic E-state index is 12.6. The molecule has 0 bridgehead atoms. The van der Waals surface area contributed by atoms with E-state index in [1.54, 1.807) is 36.4 Å². The molecule has 0 radical (unpaired) electrons. The van der Waals surface area contributed by atoms with E-state index in [0.29, 0.717) is 11.0 Å². The number of hydrogen-bond donors (Lipinski definition) is 0. The zero-order chi connectivity index (χ0) is 19.8. The van der Waals surface area contributed by atoms with Crippen molar-refractivity contribution in [2.45, 2.75) is 31.1 Å². The average molecular weight is 384 g/mol. The van der Waals surface area contributed by atoms with Crippen LogP contribution in [0.25, 0.3) is 11.0 Å². The van der Waals surface area contributed by atoms with Crippen LogP contribution in [-0.4, -0.2) is 20.0 Å². The molecule has 1 heterocycles. The fraction of sp³-hybridized carbons (Fsp3) is 0.238. The standard InChI is InChI=1S/C21H20O5S/c1-21(2,3)15-8-10-16(11-9-15)27(24,25)13-18(22)17-12-14-6-4-5-7-19(14)26-20(17)23/h4-12H,13H2,1-3H3. The molecule has 0 aliphatic carbocycles. The lowest BCUT2D eigenvalue weighted by Gasteiger charge is -2.19. The summed E-state index contributed by atoms with van der Waals surface area (Å²) < 4.78 is 30.3. The van der Waals surface area contributed by atoms with Gasteiger partial charge in [0.05, 0.1) is 4.90 Å². The highest BCUT2D eigenvalue weighted by Crippen LogP contribution is 2.24. The van der Waals surface area contributed by atoms with Crippen molar-refractivity contribution in [3.63, 3.8) is 0 Å². The minimum atomic E-state index is -3.87. The molecular weight excluding hydrogens is 364 g/mol. The monoisotopic (exact) mass is 384 g/mol. The van der Waals surface area contributed by atoms with Crippen molar-refractivity contribution in [1.82, 2.24) is 0 Å². The minimum absolute atomic E-state index is 0.0500. The molecule has 5 nitrogen and oxygen atoms in total. The molecule has 27 heavy (non-hydrogen) atoms. The second-order valence-electron chi connectivity index (χ2n) is 7.44. The van der Waals surface area contributed by atoms with Gasteiger partial charge in [-0.05, 0) is 35.2 Å². The lowest BCUT2D eigenvalue weighted by molar-refractivity contribution is 0.101. The van der Waals surface area contributed by atoms with Crippen LogP contribution in [0, 0.1) is 0 Å². The normalized spacial score (nSPS) is 12.3. The summed E-state index contributed by atoms with van der Waals surface area (Å²) in [5.74, 6) is -1.57. The van der Waals surface area contributed by atoms with E-state index in [-0.39, 0.29) is 15.9 Å². The SMILES string of the molecule is CC(C)(C)c1ccc(S(=O)(=O)CC(=O)c2cc3ccccc3oc2=O)cc1. The molecule has 0 spiro atoms. The first-order valence-electron chi connectivity index (χ1n) is 8.47. The van der Waals surface area contributed by atoms with E-state index in [4.69, 9.17) is 4.42 Å². The highest BCUT2D eigenvalue weighted by atomic mass is 32.2. The Hall–Kier alpha value is -2.73. The maximum Gasteiger partial charge on any atom is 0.347 e. The first-order chi connectivity index (χ1) is 12.6. The summed E-state index contributed by atoms with van der Waals surface area (Å²) in [6.07, 6.45) is 0. The molecule has 0 N–H and O–H groups in total. The third-order valence-corrected chi connectivity index (χ3v) is 5.98. The van der Waals surface area contributed by atoms with Crippen LogP contribution in [0.5, 0.6) is 0 Å². The van der Waals surface area contributed by atoms with Crippen LogP contribution in [0.15, 0.2) is 68.7 Å². The molecule has 0 amide bonds. The van der Waals surface area contributed by atoms with E-state index in [9.17, 15) is 18.0 Å². The molecule has 0 saturated carbocycles. The van der Waals surface area contributed by atoms with Gasteiger partial charge in [0.15, 0.2) is 15.6 Å². The summed E-state index contributed by atoms with van der Waals surface area (Å²) in [5.41, 5.74) is 0.130. The molecule has 0 atom stereocenters. The van der Waals surface area contributed by atoms with Gasteiger partial charge in [-0.3, -0.25) is 4.79 Å². The number of carbonyl (C=O) groups excluding carboxylic acids is 1. The van der Waals surface area contributed by atoms with Gasteiger partial charge in [-0.25, -0.2) is 13.2 Å². The van der Waals surface area contributed by atoms with Crippen molar-refractivity contribution >= 4 is 26.6 Å². The number of rotatable bonds is 4. The van der Waals surface area contributed by atoms with Crippen molar-refractivity contribution in [2.75, 3.05) is 5.75 Å². The Labute approximate surface area is 157 Å². The highest BCUT2D eigenvalue weighted by molar-refractivity contribution is 7.92. The number of para-hydroxylation sites is 1. The molecule has 0 saturated heterocycles. The van der Waals surface area contributed by atoms with Gasteiger partial charge in [0, 0.05) is 5.39 Å². The van der Waals surface area contributed by atoms with E-state index in [2.05, 4.69) is 0 Å². The van der Waals surface area contributed by atoms with Crippen LogP contribution in [0.2, 0.25) is 0 Å². The Morgan fingerprint density at radius 1 is 1.00 bits per heavy atom. The molecule has 3 rings (SSSR count). The summed E-state index contributed by atoms with van der Waals surface area (Å²) >= 11 is 0. The predicted octanol–water partition coefficient (Wildman–Crippen LogP) is 3.75. The number of benzene rings is 2. The largest absolute Gasteiger partial charge is 0.422 e. The molecule has 3 aromatic rings. The van der Waals surface area contributed by atoms with Crippen molar-refractivity contribution in [3.8, 4) is 0 Å². The first kappa shape index (κ1) is 19.0. The molecule has 140 valence electrons. The highest BCUT2D eigenvalue weighted by Gasteiger charge is 2.24. The van der Waals surface area contributed by atoms with Crippen molar-refractivity contribution < 1.29 is 17.6 Å². The van der Waals surface area contributed by atoms with E-state index >= 15 is 0 Å². The molecule has 0 aliphatic rings. The number of ketones is 1. The molecule has 0 fully saturated rings. The Balaban J connectivity index is 1.91. The lowest BCUT2D eigenvalue weighted by Crippen LogP contribution is -2.22. The Bertz CT molecular complexity index is 1160. The zero-order valence-electron chi connectivity index (χ0n) is 15.4. The zero-order valence-corrected chi connectivity index (χ0v) is 16.2. The second kappa shape index (κ2) is 6.78. The topological polar surface area (TPSA) is 81.4 Å². The van der Waals surface area contributed by atoms with E-state index in [1.165, 1.54) is 18.2 Å². The summed E-state index contributed by atoms with van der Waals surface area (Å²) in [6.45, 7) is 6.08.